The Hall–Kier alpha value is -1.45. The van der Waals surface area contributed by atoms with Crippen molar-refractivity contribution >= 4 is 21.6 Å². The molecule has 0 atom stereocenters. The summed E-state index contributed by atoms with van der Waals surface area (Å²) in [4.78, 5) is 12.3. The molecule has 0 fully saturated rings. The number of ether oxygens (including phenoxy) is 1. The van der Waals surface area contributed by atoms with E-state index in [4.69, 9.17) is 0 Å². The Bertz CT molecular complexity index is 451. The molecule has 94 valence electrons. The summed E-state index contributed by atoms with van der Waals surface area (Å²) in [6, 6.07) is 0. The fourth-order valence-corrected chi connectivity index (χ4v) is 1.43. The summed E-state index contributed by atoms with van der Waals surface area (Å²) in [5, 5.41) is 9.93. The van der Waals surface area contributed by atoms with E-state index >= 15 is 0 Å². The van der Waals surface area contributed by atoms with Crippen molar-refractivity contribution in [2.45, 2.75) is 11.7 Å². The van der Waals surface area contributed by atoms with E-state index in [1.807, 2.05) is 0 Å². The van der Waals surface area contributed by atoms with Gasteiger partial charge in [0.25, 0.3) is 0 Å². The molecule has 0 aliphatic carbocycles. The lowest BCUT2D eigenvalue weighted by atomic mass is 10.2. The Morgan fingerprint density at radius 1 is 1.53 bits per heavy atom. The molecule has 0 aliphatic rings. The predicted octanol–water partition coefficient (Wildman–Crippen LogP) is 2.92. The first-order chi connectivity index (χ1) is 7.76. The molecule has 17 heavy (non-hydrogen) atoms. The average Bonchev–Trinajstić information content (AvgIpc) is 2.15. The molecule has 10 heteroatoms. The van der Waals surface area contributed by atoms with Crippen molar-refractivity contribution in [3.8, 4) is 5.88 Å². The third-order valence-corrected chi connectivity index (χ3v) is 2.16. The van der Waals surface area contributed by atoms with Crippen molar-refractivity contribution < 1.29 is 27.2 Å². The summed E-state index contributed by atoms with van der Waals surface area (Å²) >= 11 is 2.70. The first-order valence-corrected chi connectivity index (χ1v) is 5.02. The van der Waals surface area contributed by atoms with Gasteiger partial charge in [-0.2, -0.15) is 4.39 Å². The Kier molecular flexibility index (Phi) is 3.86. The van der Waals surface area contributed by atoms with Gasteiger partial charge in [0.05, 0.1) is 10.5 Å². The van der Waals surface area contributed by atoms with E-state index in [1.165, 1.54) is 0 Å². The van der Waals surface area contributed by atoms with Crippen LogP contribution >= 0.6 is 15.9 Å². The third kappa shape index (κ3) is 3.25. The van der Waals surface area contributed by atoms with Crippen LogP contribution in [-0.4, -0.2) is 16.3 Å². The first kappa shape index (κ1) is 13.6. The largest absolute Gasteiger partial charge is 0.574 e. The van der Waals surface area contributed by atoms with E-state index in [0.717, 1.165) is 0 Å². The topological polar surface area (TPSA) is 65.3 Å². The number of rotatable bonds is 3. The SMILES string of the molecule is O=[N+]([O-])c1cnc(OC(F)(F)F)c(CBr)c1F. The Balaban J connectivity index is 3.26. The highest BCUT2D eigenvalue weighted by atomic mass is 79.9. The standard InChI is InChI=1S/C7H3BrF4N2O3/c8-1-3-5(9)4(14(15)16)2-13-6(3)17-7(10,11)12/h2H,1H2. The third-order valence-electron chi connectivity index (χ3n) is 1.59. The van der Waals surface area contributed by atoms with Crippen molar-refractivity contribution in [1.82, 2.24) is 4.98 Å². The molecule has 0 saturated heterocycles. The summed E-state index contributed by atoms with van der Waals surface area (Å²) < 4.78 is 52.6. The van der Waals surface area contributed by atoms with Gasteiger partial charge in [0.15, 0.2) is 0 Å². The second kappa shape index (κ2) is 4.82. The van der Waals surface area contributed by atoms with Gasteiger partial charge >= 0.3 is 12.0 Å². The lowest BCUT2D eigenvalue weighted by molar-refractivity contribution is -0.388. The molecule has 1 aromatic rings. The molecule has 0 aromatic carbocycles. The summed E-state index contributed by atoms with van der Waals surface area (Å²) in [7, 11) is 0. The van der Waals surface area contributed by atoms with Crippen LogP contribution in [-0.2, 0) is 5.33 Å². The van der Waals surface area contributed by atoms with E-state index in [-0.39, 0.29) is 0 Å². The number of hydrogen-bond acceptors (Lipinski definition) is 4. The molecular weight excluding hydrogens is 316 g/mol. The molecule has 0 saturated carbocycles. The van der Waals surface area contributed by atoms with Crippen LogP contribution in [0.15, 0.2) is 6.20 Å². The second-order valence-electron chi connectivity index (χ2n) is 2.68. The molecule has 0 radical (unpaired) electrons. The number of aromatic nitrogens is 1. The van der Waals surface area contributed by atoms with Gasteiger partial charge in [0.1, 0.15) is 6.20 Å². The molecule has 0 aliphatic heterocycles. The monoisotopic (exact) mass is 318 g/mol. The van der Waals surface area contributed by atoms with E-state index in [9.17, 15) is 27.7 Å². The summed E-state index contributed by atoms with van der Waals surface area (Å²) in [5.41, 5.74) is -1.69. The molecule has 0 amide bonds. The van der Waals surface area contributed by atoms with E-state index in [2.05, 4.69) is 25.7 Å². The highest BCUT2D eigenvalue weighted by molar-refractivity contribution is 9.08. The number of nitro groups is 1. The Morgan fingerprint density at radius 3 is 2.53 bits per heavy atom. The molecule has 0 spiro atoms. The highest BCUT2D eigenvalue weighted by Gasteiger charge is 2.34. The van der Waals surface area contributed by atoms with Crippen LogP contribution in [0.3, 0.4) is 0 Å². The average molecular weight is 319 g/mol. The normalized spacial score (nSPS) is 11.4. The highest BCUT2D eigenvalue weighted by Crippen LogP contribution is 2.31. The van der Waals surface area contributed by atoms with Gasteiger partial charge in [0, 0.05) is 5.33 Å². The van der Waals surface area contributed by atoms with Gasteiger partial charge in [-0.3, -0.25) is 10.1 Å². The van der Waals surface area contributed by atoms with Crippen LogP contribution < -0.4 is 4.74 Å². The van der Waals surface area contributed by atoms with Gasteiger partial charge in [-0.15, -0.1) is 13.2 Å². The van der Waals surface area contributed by atoms with Crippen LogP contribution in [0.5, 0.6) is 5.88 Å². The number of nitrogens with zero attached hydrogens (tertiary/aromatic N) is 2. The number of alkyl halides is 4. The zero-order chi connectivity index (χ0) is 13.2. The van der Waals surface area contributed by atoms with E-state index < -0.39 is 39.6 Å². The van der Waals surface area contributed by atoms with Crippen LogP contribution in [0.1, 0.15) is 5.56 Å². The van der Waals surface area contributed by atoms with Crippen molar-refractivity contribution in [2.75, 3.05) is 0 Å². The van der Waals surface area contributed by atoms with Crippen molar-refractivity contribution in [1.29, 1.82) is 0 Å². The molecular formula is C7H3BrF4N2O3. The summed E-state index contributed by atoms with van der Waals surface area (Å²) in [5.74, 6) is -2.47. The maximum absolute atomic E-state index is 13.4. The lowest BCUT2D eigenvalue weighted by Gasteiger charge is -2.11. The first-order valence-electron chi connectivity index (χ1n) is 3.89. The van der Waals surface area contributed by atoms with Gasteiger partial charge in [0.2, 0.25) is 11.7 Å². The maximum Gasteiger partial charge on any atom is 0.574 e. The quantitative estimate of drug-likeness (QED) is 0.372. The predicted molar refractivity (Wildman–Crippen MR) is 50.2 cm³/mol. The smallest absolute Gasteiger partial charge is 0.387 e. The van der Waals surface area contributed by atoms with E-state index in [0.29, 0.717) is 6.20 Å². The molecule has 1 rings (SSSR count). The minimum Gasteiger partial charge on any atom is -0.387 e. The zero-order valence-corrected chi connectivity index (χ0v) is 9.38. The number of pyridine rings is 1. The maximum atomic E-state index is 13.4. The fourth-order valence-electron chi connectivity index (χ4n) is 0.944. The molecule has 1 aromatic heterocycles. The Morgan fingerprint density at radius 2 is 2.12 bits per heavy atom. The van der Waals surface area contributed by atoms with Gasteiger partial charge in [-0.25, -0.2) is 4.98 Å². The summed E-state index contributed by atoms with van der Waals surface area (Å²) in [6.45, 7) is 0. The van der Waals surface area contributed by atoms with Gasteiger partial charge in [-0.05, 0) is 0 Å². The number of halogens is 5. The Labute approximate surface area is 99.7 Å². The van der Waals surface area contributed by atoms with E-state index in [1.54, 1.807) is 0 Å². The minimum absolute atomic E-state index is 0.364. The molecule has 0 bridgehead atoms. The van der Waals surface area contributed by atoms with Gasteiger partial charge in [-0.1, -0.05) is 15.9 Å². The minimum atomic E-state index is -5.05. The zero-order valence-electron chi connectivity index (χ0n) is 7.79. The van der Waals surface area contributed by atoms with Crippen LogP contribution in [0.2, 0.25) is 0 Å². The molecule has 0 unspecified atom stereocenters. The second-order valence-corrected chi connectivity index (χ2v) is 3.24. The fraction of sp³-hybridized carbons (Fsp3) is 0.286. The molecule has 5 nitrogen and oxygen atoms in total. The number of hydrogen-bond donors (Lipinski definition) is 0. The summed E-state index contributed by atoms with van der Waals surface area (Å²) in [6.07, 6.45) is -4.69. The van der Waals surface area contributed by atoms with Gasteiger partial charge < -0.3 is 4.74 Å². The van der Waals surface area contributed by atoms with Crippen molar-refractivity contribution in [3.05, 3.63) is 27.7 Å². The molecule has 1 heterocycles. The van der Waals surface area contributed by atoms with Crippen LogP contribution in [0.25, 0.3) is 0 Å². The lowest BCUT2D eigenvalue weighted by Crippen LogP contribution is -2.19. The van der Waals surface area contributed by atoms with Crippen LogP contribution in [0, 0.1) is 15.9 Å². The van der Waals surface area contributed by atoms with Crippen LogP contribution in [0.4, 0.5) is 23.2 Å². The van der Waals surface area contributed by atoms with Crippen molar-refractivity contribution in [3.63, 3.8) is 0 Å². The molecule has 0 N–H and O–H groups in total. The van der Waals surface area contributed by atoms with Crippen molar-refractivity contribution in [2.24, 2.45) is 0 Å².